The van der Waals surface area contributed by atoms with E-state index in [2.05, 4.69) is 21.0 Å². The van der Waals surface area contributed by atoms with Gasteiger partial charge in [0.2, 0.25) is 0 Å². The first-order valence-corrected chi connectivity index (χ1v) is 6.30. The molecule has 16 heavy (non-hydrogen) atoms. The van der Waals surface area contributed by atoms with Crippen molar-refractivity contribution in [3.63, 3.8) is 0 Å². The largest absolute Gasteiger partial charge is 0.388 e. The monoisotopic (exact) mass is 288 g/mol. The normalized spacial score (nSPS) is 18.8. The van der Waals surface area contributed by atoms with Gasteiger partial charge in [0.1, 0.15) is 6.10 Å². The summed E-state index contributed by atoms with van der Waals surface area (Å²) in [5.74, 6) is 0.579. The van der Waals surface area contributed by atoms with Crippen LogP contribution in [0.3, 0.4) is 0 Å². The highest BCUT2D eigenvalue weighted by Gasteiger charge is 2.30. The van der Waals surface area contributed by atoms with Gasteiger partial charge in [-0.15, -0.1) is 0 Å². The van der Waals surface area contributed by atoms with Gasteiger partial charge in [-0.3, -0.25) is 4.68 Å². The van der Waals surface area contributed by atoms with Gasteiger partial charge in [0, 0.05) is 12.1 Å². The molecule has 1 aliphatic carbocycles. The van der Waals surface area contributed by atoms with Crippen molar-refractivity contribution in [3.8, 4) is 0 Å². The first-order valence-electron chi connectivity index (χ1n) is 5.51. The van der Waals surface area contributed by atoms with Crippen molar-refractivity contribution >= 4 is 15.9 Å². The van der Waals surface area contributed by atoms with Gasteiger partial charge in [0.05, 0.1) is 22.3 Å². The van der Waals surface area contributed by atoms with E-state index < -0.39 is 11.7 Å². The minimum absolute atomic E-state index is 0.314. The molecule has 1 heterocycles. The lowest BCUT2D eigenvalue weighted by molar-refractivity contribution is -0.0566. The highest BCUT2D eigenvalue weighted by atomic mass is 79.9. The minimum atomic E-state index is -1.10. The van der Waals surface area contributed by atoms with Gasteiger partial charge in [-0.25, -0.2) is 0 Å². The summed E-state index contributed by atoms with van der Waals surface area (Å²) in [5.41, 5.74) is -0.0269. The van der Waals surface area contributed by atoms with Crippen LogP contribution in [0.5, 0.6) is 0 Å². The standard InChI is InChI=1S/C11H17BrN2O2/c1-11(2,16)9(15)6-14-5-8(12)10(13-14)7-3-4-7/h5,7,9,15-16H,3-4,6H2,1-2H3/t9-/m0/s1. The van der Waals surface area contributed by atoms with E-state index in [0.717, 1.165) is 10.2 Å². The van der Waals surface area contributed by atoms with E-state index in [-0.39, 0.29) is 0 Å². The van der Waals surface area contributed by atoms with Crippen LogP contribution in [0, 0.1) is 0 Å². The number of hydrogen-bond acceptors (Lipinski definition) is 3. The van der Waals surface area contributed by atoms with Crippen LogP contribution >= 0.6 is 15.9 Å². The molecule has 2 rings (SSSR count). The lowest BCUT2D eigenvalue weighted by Gasteiger charge is -2.24. The van der Waals surface area contributed by atoms with Crippen LogP contribution < -0.4 is 0 Å². The number of nitrogens with zero attached hydrogens (tertiary/aromatic N) is 2. The van der Waals surface area contributed by atoms with E-state index in [1.54, 1.807) is 18.5 Å². The lowest BCUT2D eigenvalue weighted by atomic mass is 10.0. The Labute approximate surface area is 103 Å². The third-order valence-electron chi connectivity index (χ3n) is 2.88. The van der Waals surface area contributed by atoms with Crippen molar-refractivity contribution in [2.24, 2.45) is 0 Å². The molecule has 0 aromatic carbocycles. The summed E-state index contributed by atoms with van der Waals surface area (Å²) in [6, 6.07) is 0. The molecule has 1 saturated carbocycles. The summed E-state index contributed by atoms with van der Waals surface area (Å²) in [7, 11) is 0. The maximum absolute atomic E-state index is 9.77. The van der Waals surface area contributed by atoms with Gasteiger partial charge >= 0.3 is 0 Å². The average Bonchev–Trinajstić information content (AvgIpc) is 2.90. The Hall–Kier alpha value is -0.390. The summed E-state index contributed by atoms with van der Waals surface area (Å²) in [4.78, 5) is 0. The maximum Gasteiger partial charge on any atom is 0.102 e. The molecular weight excluding hydrogens is 272 g/mol. The van der Waals surface area contributed by atoms with Crippen molar-refractivity contribution in [2.45, 2.75) is 50.9 Å². The van der Waals surface area contributed by atoms with E-state index in [4.69, 9.17) is 0 Å². The Morgan fingerprint density at radius 2 is 2.25 bits per heavy atom. The number of hydrogen-bond donors (Lipinski definition) is 2. The molecule has 2 N–H and O–H groups in total. The third kappa shape index (κ3) is 2.64. The second-order valence-electron chi connectivity index (χ2n) is 5.03. The quantitative estimate of drug-likeness (QED) is 0.886. The molecule has 0 saturated heterocycles. The fourth-order valence-corrected chi connectivity index (χ4v) is 2.18. The summed E-state index contributed by atoms with van der Waals surface area (Å²) in [6.07, 6.45) is 3.45. The van der Waals surface area contributed by atoms with Crippen LogP contribution in [0.1, 0.15) is 38.3 Å². The van der Waals surface area contributed by atoms with Crippen LogP contribution in [0.2, 0.25) is 0 Å². The second-order valence-corrected chi connectivity index (χ2v) is 5.88. The number of aliphatic hydroxyl groups excluding tert-OH is 1. The smallest absolute Gasteiger partial charge is 0.102 e. The minimum Gasteiger partial charge on any atom is -0.388 e. The van der Waals surface area contributed by atoms with Crippen LogP contribution in [-0.2, 0) is 6.54 Å². The molecule has 1 aromatic rings. The first kappa shape index (κ1) is 12.1. The SMILES string of the molecule is CC(C)(O)[C@@H](O)Cn1cc(Br)c(C2CC2)n1. The van der Waals surface area contributed by atoms with E-state index in [9.17, 15) is 10.2 Å². The zero-order valence-corrected chi connectivity index (χ0v) is 11.1. The molecule has 1 atom stereocenters. The van der Waals surface area contributed by atoms with E-state index >= 15 is 0 Å². The Morgan fingerprint density at radius 1 is 1.62 bits per heavy atom. The average molecular weight is 289 g/mol. The molecule has 1 aliphatic rings. The van der Waals surface area contributed by atoms with Crippen molar-refractivity contribution in [2.75, 3.05) is 0 Å². The number of halogens is 1. The van der Waals surface area contributed by atoms with Crippen molar-refractivity contribution in [3.05, 3.63) is 16.4 Å². The fourth-order valence-electron chi connectivity index (χ4n) is 1.54. The van der Waals surface area contributed by atoms with Gasteiger partial charge in [0.15, 0.2) is 0 Å². The molecule has 5 heteroatoms. The van der Waals surface area contributed by atoms with Crippen LogP contribution in [0.15, 0.2) is 10.7 Å². The number of aliphatic hydroxyl groups is 2. The Morgan fingerprint density at radius 3 is 2.75 bits per heavy atom. The van der Waals surface area contributed by atoms with E-state index in [1.807, 2.05) is 6.20 Å². The lowest BCUT2D eigenvalue weighted by Crippen LogP contribution is -2.39. The maximum atomic E-state index is 9.77. The first-order chi connectivity index (χ1) is 7.38. The molecule has 1 fully saturated rings. The van der Waals surface area contributed by atoms with E-state index in [0.29, 0.717) is 12.5 Å². The van der Waals surface area contributed by atoms with Gasteiger partial charge in [0.25, 0.3) is 0 Å². The molecule has 0 unspecified atom stereocenters. The zero-order valence-electron chi connectivity index (χ0n) is 9.52. The molecule has 90 valence electrons. The predicted octanol–water partition coefficient (Wildman–Crippen LogP) is 1.65. The van der Waals surface area contributed by atoms with Gasteiger partial charge < -0.3 is 10.2 Å². The van der Waals surface area contributed by atoms with Gasteiger partial charge in [-0.05, 0) is 42.6 Å². The highest BCUT2D eigenvalue weighted by Crippen LogP contribution is 2.42. The molecule has 0 aliphatic heterocycles. The van der Waals surface area contributed by atoms with Crippen LogP contribution in [-0.4, -0.2) is 31.7 Å². The molecule has 4 nitrogen and oxygen atoms in total. The fraction of sp³-hybridized carbons (Fsp3) is 0.727. The summed E-state index contributed by atoms with van der Waals surface area (Å²) in [6.45, 7) is 3.50. The van der Waals surface area contributed by atoms with Crippen molar-refractivity contribution in [1.82, 2.24) is 9.78 Å². The van der Waals surface area contributed by atoms with Crippen molar-refractivity contribution < 1.29 is 10.2 Å². The summed E-state index contributed by atoms with van der Waals surface area (Å²) in [5, 5.41) is 23.8. The molecule has 0 radical (unpaired) electrons. The molecule has 0 bridgehead atoms. The zero-order chi connectivity index (χ0) is 11.9. The van der Waals surface area contributed by atoms with E-state index in [1.165, 1.54) is 12.8 Å². The van der Waals surface area contributed by atoms with Gasteiger partial charge in [-0.1, -0.05) is 0 Å². The summed E-state index contributed by atoms with van der Waals surface area (Å²) >= 11 is 3.47. The second kappa shape index (κ2) is 4.13. The topological polar surface area (TPSA) is 58.3 Å². The Balaban J connectivity index is 2.07. The van der Waals surface area contributed by atoms with Crippen LogP contribution in [0.25, 0.3) is 0 Å². The molecule has 0 amide bonds. The number of aromatic nitrogens is 2. The third-order valence-corrected chi connectivity index (χ3v) is 3.49. The highest BCUT2D eigenvalue weighted by molar-refractivity contribution is 9.10. The molecule has 0 spiro atoms. The summed E-state index contributed by atoms with van der Waals surface area (Å²) < 4.78 is 2.69. The van der Waals surface area contributed by atoms with Crippen LogP contribution in [0.4, 0.5) is 0 Å². The number of rotatable bonds is 4. The van der Waals surface area contributed by atoms with Crippen molar-refractivity contribution in [1.29, 1.82) is 0 Å². The Bertz CT molecular complexity index is 380. The molecule has 1 aromatic heterocycles. The Kier molecular flexibility index (Phi) is 3.11. The predicted molar refractivity (Wildman–Crippen MR) is 64.2 cm³/mol. The molecular formula is C11H17BrN2O2. The van der Waals surface area contributed by atoms with Gasteiger partial charge in [-0.2, -0.15) is 5.10 Å².